The molecule has 0 radical (unpaired) electrons. The van der Waals surface area contributed by atoms with Crippen LogP contribution in [0, 0.1) is 52.3 Å². The van der Waals surface area contributed by atoms with Gasteiger partial charge in [-0.3, -0.25) is 0 Å². The molecule has 4 aliphatic rings. The van der Waals surface area contributed by atoms with Gasteiger partial charge in [0.1, 0.15) is 0 Å². The van der Waals surface area contributed by atoms with Crippen molar-refractivity contribution in [1.82, 2.24) is 0 Å². The Labute approximate surface area is 192 Å². The van der Waals surface area contributed by atoms with Crippen molar-refractivity contribution in [2.24, 2.45) is 52.3 Å². The van der Waals surface area contributed by atoms with Gasteiger partial charge in [-0.05, 0) is 110 Å². The zero-order valence-corrected chi connectivity index (χ0v) is 21.2. The Hall–Kier alpha value is -0.340. The third kappa shape index (κ3) is 3.96. The Balaban J connectivity index is 1.50. The Morgan fingerprint density at radius 1 is 1.03 bits per heavy atom. The molecular formula is C29H50O2. The summed E-state index contributed by atoms with van der Waals surface area (Å²) in [7, 11) is 0. The average molecular weight is 431 g/mol. The van der Waals surface area contributed by atoms with Crippen LogP contribution in [-0.2, 0) is 0 Å². The highest BCUT2D eigenvalue weighted by Gasteiger charge is 2.59. The molecule has 0 aromatic carbocycles. The fourth-order valence-corrected chi connectivity index (χ4v) is 9.25. The molecule has 2 nitrogen and oxygen atoms in total. The van der Waals surface area contributed by atoms with Crippen LogP contribution >= 0.6 is 0 Å². The van der Waals surface area contributed by atoms with Crippen molar-refractivity contribution >= 4 is 0 Å². The number of allylic oxidation sites excluding steroid dienone is 1. The van der Waals surface area contributed by atoms with Crippen molar-refractivity contribution in [2.45, 2.75) is 118 Å². The van der Waals surface area contributed by atoms with E-state index in [9.17, 15) is 10.2 Å². The van der Waals surface area contributed by atoms with Gasteiger partial charge in [0.2, 0.25) is 0 Å². The van der Waals surface area contributed by atoms with Gasteiger partial charge in [-0.15, -0.1) is 0 Å². The zero-order valence-electron chi connectivity index (χ0n) is 21.2. The summed E-state index contributed by atoms with van der Waals surface area (Å²) in [6.07, 6.45) is 14.1. The van der Waals surface area contributed by atoms with E-state index >= 15 is 0 Å². The van der Waals surface area contributed by atoms with Gasteiger partial charge in [-0.25, -0.2) is 0 Å². The normalized spacial score (nSPS) is 45.3. The van der Waals surface area contributed by atoms with Gasteiger partial charge >= 0.3 is 0 Å². The highest BCUT2D eigenvalue weighted by Crippen LogP contribution is 2.67. The monoisotopic (exact) mass is 430 g/mol. The van der Waals surface area contributed by atoms with E-state index in [0.717, 1.165) is 37.0 Å². The van der Waals surface area contributed by atoms with Gasteiger partial charge in [0, 0.05) is 0 Å². The highest BCUT2D eigenvalue weighted by atomic mass is 16.3. The van der Waals surface area contributed by atoms with Gasteiger partial charge in [0.05, 0.1) is 12.2 Å². The topological polar surface area (TPSA) is 40.5 Å². The highest BCUT2D eigenvalue weighted by molar-refractivity contribution is 5.25. The van der Waals surface area contributed by atoms with E-state index in [-0.39, 0.29) is 12.2 Å². The first-order valence-electron chi connectivity index (χ1n) is 13.7. The zero-order chi connectivity index (χ0) is 22.6. The SMILES string of the molecule is CC[C@H](C[C@H](O)[C@@H](C)[C@H]1CC[C@H]2[C@@H]3CC=C4C[C@@H](O)CC[C@]4(C)[C@H]3CC[C@]12C)C(C)C. The average Bonchev–Trinajstić information content (AvgIpc) is 3.08. The molecule has 0 saturated heterocycles. The quantitative estimate of drug-likeness (QED) is 0.446. The van der Waals surface area contributed by atoms with E-state index in [2.05, 4.69) is 47.6 Å². The van der Waals surface area contributed by atoms with E-state index in [4.69, 9.17) is 0 Å². The van der Waals surface area contributed by atoms with Crippen LogP contribution in [0.2, 0.25) is 0 Å². The van der Waals surface area contributed by atoms with Crippen molar-refractivity contribution in [3.63, 3.8) is 0 Å². The molecule has 0 spiro atoms. The maximum atomic E-state index is 11.3. The van der Waals surface area contributed by atoms with Crippen LogP contribution in [-0.4, -0.2) is 22.4 Å². The van der Waals surface area contributed by atoms with Crippen molar-refractivity contribution in [1.29, 1.82) is 0 Å². The van der Waals surface area contributed by atoms with E-state index < -0.39 is 0 Å². The molecule has 0 bridgehead atoms. The minimum atomic E-state index is -0.152. The molecule has 0 unspecified atom stereocenters. The van der Waals surface area contributed by atoms with Crippen molar-refractivity contribution in [3.05, 3.63) is 11.6 Å². The Kier molecular flexibility index (Phi) is 6.75. The molecule has 2 heteroatoms. The molecule has 4 aliphatic carbocycles. The first-order valence-corrected chi connectivity index (χ1v) is 13.7. The van der Waals surface area contributed by atoms with E-state index in [0.29, 0.717) is 34.5 Å². The molecule has 4 rings (SSSR count). The van der Waals surface area contributed by atoms with Crippen LogP contribution in [0.1, 0.15) is 106 Å². The third-order valence-electron chi connectivity index (χ3n) is 11.4. The summed E-state index contributed by atoms with van der Waals surface area (Å²) in [6, 6.07) is 0. The number of aliphatic hydroxyl groups excluding tert-OH is 2. The molecule has 0 amide bonds. The second kappa shape index (κ2) is 8.79. The predicted octanol–water partition coefficient (Wildman–Crippen LogP) is 7.00. The fourth-order valence-electron chi connectivity index (χ4n) is 9.25. The Morgan fingerprint density at radius 3 is 2.45 bits per heavy atom. The molecule has 10 atom stereocenters. The van der Waals surface area contributed by atoms with Crippen LogP contribution < -0.4 is 0 Å². The van der Waals surface area contributed by atoms with Crippen LogP contribution in [0.15, 0.2) is 11.6 Å². The second-order valence-electron chi connectivity index (χ2n) is 13.0. The number of aliphatic hydroxyl groups is 2. The molecule has 2 N–H and O–H groups in total. The largest absolute Gasteiger partial charge is 0.393 e. The predicted molar refractivity (Wildman–Crippen MR) is 130 cm³/mol. The van der Waals surface area contributed by atoms with Gasteiger partial charge in [0.25, 0.3) is 0 Å². The molecule has 3 fully saturated rings. The summed E-state index contributed by atoms with van der Waals surface area (Å²) < 4.78 is 0. The third-order valence-corrected chi connectivity index (χ3v) is 11.4. The van der Waals surface area contributed by atoms with Gasteiger partial charge in [-0.1, -0.05) is 59.6 Å². The number of hydrogen-bond acceptors (Lipinski definition) is 2. The maximum Gasteiger partial charge on any atom is 0.0577 e. The van der Waals surface area contributed by atoms with E-state index in [1.54, 1.807) is 5.57 Å². The van der Waals surface area contributed by atoms with E-state index in [1.807, 2.05) is 0 Å². The molecule has 0 aliphatic heterocycles. The second-order valence-corrected chi connectivity index (χ2v) is 13.0. The maximum absolute atomic E-state index is 11.3. The Bertz CT molecular complexity index is 668. The molecule has 0 heterocycles. The Morgan fingerprint density at radius 2 is 1.77 bits per heavy atom. The lowest BCUT2D eigenvalue weighted by Gasteiger charge is -2.58. The minimum Gasteiger partial charge on any atom is -0.393 e. The number of fused-ring (bicyclic) bond motifs is 5. The number of rotatable bonds is 6. The van der Waals surface area contributed by atoms with Crippen LogP contribution in [0.25, 0.3) is 0 Å². The summed E-state index contributed by atoms with van der Waals surface area (Å²) in [4.78, 5) is 0. The fraction of sp³-hybridized carbons (Fsp3) is 0.931. The molecule has 3 saturated carbocycles. The summed E-state index contributed by atoms with van der Waals surface area (Å²) in [5.41, 5.74) is 2.31. The van der Waals surface area contributed by atoms with E-state index in [1.165, 1.54) is 44.9 Å². The van der Waals surface area contributed by atoms with Crippen molar-refractivity contribution < 1.29 is 10.2 Å². The van der Waals surface area contributed by atoms with Crippen LogP contribution in [0.4, 0.5) is 0 Å². The minimum absolute atomic E-state index is 0.110. The van der Waals surface area contributed by atoms with Crippen molar-refractivity contribution in [2.75, 3.05) is 0 Å². The molecular weight excluding hydrogens is 380 g/mol. The van der Waals surface area contributed by atoms with Crippen LogP contribution in [0.3, 0.4) is 0 Å². The molecule has 0 aromatic heterocycles. The first-order chi connectivity index (χ1) is 14.6. The smallest absolute Gasteiger partial charge is 0.0577 e. The first kappa shape index (κ1) is 23.8. The molecule has 0 aromatic rings. The van der Waals surface area contributed by atoms with Gasteiger partial charge < -0.3 is 10.2 Å². The van der Waals surface area contributed by atoms with Crippen molar-refractivity contribution in [3.8, 4) is 0 Å². The molecule has 178 valence electrons. The summed E-state index contributed by atoms with van der Waals surface area (Å²) in [6.45, 7) is 14.4. The summed E-state index contributed by atoms with van der Waals surface area (Å²) in [5, 5.41) is 21.5. The summed E-state index contributed by atoms with van der Waals surface area (Å²) in [5.74, 6) is 4.82. The number of hydrogen-bond donors (Lipinski definition) is 2. The lowest BCUT2D eigenvalue weighted by atomic mass is 9.47. The van der Waals surface area contributed by atoms with Gasteiger partial charge in [0.15, 0.2) is 0 Å². The summed E-state index contributed by atoms with van der Waals surface area (Å²) >= 11 is 0. The van der Waals surface area contributed by atoms with Crippen LogP contribution in [0.5, 0.6) is 0 Å². The standard InChI is InChI=1S/C29H50O2/c1-7-20(18(2)3)16-27(31)19(4)24-10-11-25-23-9-8-21-17-22(30)12-14-28(21,5)26(23)13-15-29(24,25)6/h8,18-20,22-27,30-31H,7,9-17H2,1-6H3/t19-,20+,22-,23-,24+,25-,26-,27-,28-,29+/m0/s1. The lowest BCUT2D eigenvalue weighted by molar-refractivity contribution is -0.0696. The van der Waals surface area contributed by atoms with Gasteiger partial charge in [-0.2, -0.15) is 0 Å². The lowest BCUT2D eigenvalue weighted by Crippen LogP contribution is -2.51. The molecule has 31 heavy (non-hydrogen) atoms.